The number of carbonyl (C=O) groups is 1. The molecule has 1 atom stereocenters. The van der Waals surface area contributed by atoms with E-state index in [0.29, 0.717) is 13.0 Å². The van der Waals surface area contributed by atoms with Gasteiger partial charge in [0.2, 0.25) is 0 Å². The number of benzene rings is 1. The van der Waals surface area contributed by atoms with Crippen molar-refractivity contribution in [3.8, 4) is 0 Å². The summed E-state index contributed by atoms with van der Waals surface area (Å²) in [4.78, 5) is 16.0. The highest BCUT2D eigenvalue weighted by molar-refractivity contribution is 5.75. The number of hydrogen-bond donors (Lipinski definition) is 2. The average molecular weight is 338 g/mol. The number of nitrogens with one attached hydrogen (secondary N) is 1. The van der Waals surface area contributed by atoms with Crippen molar-refractivity contribution < 1.29 is 9.90 Å². The van der Waals surface area contributed by atoms with Crippen molar-refractivity contribution >= 4 is 17.0 Å². The molecule has 0 aliphatic heterocycles. The Morgan fingerprint density at radius 3 is 2.64 bits per heavy atom. The molecule has 6 nitrogen and oxygen atoms in total. The van der Waals surface area contributed by atoms with Crippen LogP contribution in [-0.2, 0) is 17.8 Å². The number of rotatable bonds is 7. The van der Waals surface area contributed by atoms with E-state index >= 15 is 0 Å². The Hall–Kier alpha value is -2.73. The third-order valence-electron chi connectivity index (χ3n) is 4.11. The SMILES string of the molecule is CC(C)n1ncc2cc(CN[C@@H](Cc3ccccc3)C(=O)O)cnc21. The van der Waals surface area contributed by atoms with Gasteiger partial charge >= 0.3 is 5.97 Å². The Morgan fingerprint density at radius 2 is 1.96 bits per heavy atom. The molecule has 3 rings (SSSR count). The van der Waals surface area contributed by atoms with Crippen molar-refractivity contribution in [1.82, 2.24) is 20.1 Å². The van der Waals surface area contributed by atoms with Crippen molar-refractivity contribution in [1.29, 1.82) is 0 Å². The van der Waals surface area contributed by atoms with Crippen molar-refractivity contribution in [2.45, 2.75) is 38.9 Å². The number of fused-ring (bicyclic) bond motifs is 1. The number of hydrogen-bond acceptors (Lipinski definition) is 4. The molecule has 6 heteroatoms. The lowest BCUT2D eigenvalue weighted by Gasteiger charge is -2.14. The number of carboxylic acids is 1. The molecular weight excluding hydrogens is 316 g/mol. The quantitative estimate of drug-likeness (QED) is 0.692. The highest BCUT2D eigenvalue weighted by Crippen LogP contribution is 2.16. The van der Waals surface area contributed by atoms with Crippen LogP contribution in [0.15, 0.2) is 48.8 Å². The Labute approximate surface area is 146 Å². The molecule has 2 aromatic heterocycles. The van der Waals surface area contributed by atoms with Gasteiger partial charge in [-0.1, -0.05) is 30.3 Å². The zero-order chi connectivity index (χ0) is 17.8. The largest absolute Gasteiger partial charge is 0.480 e. The molecule has 0 amide bonds. The second kappa shape index (κ2) is 7.44. The Morgan fingerprint density at radius 1 is 1.20 bits per heavy atom. The van der Waals surface area contributed by atoms with E-state index in [1.165, 1.54) is 0 Å². The van der Waals surface area contributed by atoms with Gasteiger partial charge in [-0.15, -0.1) is 0 Å². The van der Waals surface area contributed by atoms with Crippen molar-refractivity contribution in [2.75, 3.05) is 0 Å². The maximum atomic E-state index is 11.5. The van der Waals surface area contributed by atoms with Crippen LogP contribution in [0.3, 0.4) is 0 Å². The molecule has 0 radical (unpaired) electrons. The predicted octanol–water partition coefficient (Wildman–Crippen LogP) is 2.80. The van der Waals surface area contributed by atoms with E-state index in [-0.39, 0.29) is 6.04 Å². The number of aromatic nitrogens is 3. The second-order valence-corrected chi connectivity index (χ2v) is 6.40. The van der Waals surface area contributed by atoms with E-state index in [2.05, 4.69) is 29.2 Å². The van der Waals surface area contributed by atoms with Crippen LogP contribution in [-0.4, -0.2) is 31.9 Å². The molecule has 25 heavy (non-hydrogen) atoms. The standard InChI is InChI=1S/C19H22N4O2/c1-13(2)23-18-16(12-22-23)8-15(11-21-18)10-20-17(19(24)25)9-14-6-4-3-5-7-14/h3-8,11-13,17,20H,9-10H2,1-2H3,(H,24,25)/t17-/m0/s1. The molecule has 0 fully saturated rings. The molecule has 0 bridgehead atoms. The van der Waals surface area contributed by atoms with Gasteiger partial charge in [0, 0.05) is 24.2 Å². The van der Waals surface area contributed by atoms with Gasteiger partial charge in [0.15, 0.2) is 5.65 Å². The number of aliphatic carboxylic acids is 1. The Bertz CT molecular complexity index is 858. The summed E-state index contributed by atoms with van der Waals surface area (Å²) >= 11 is 0. The lowest BCUT2D eigenvalue weighted by atomic mass is 10.1. The Balaban J connectivity index is 1.70. The molecule has 0 saturated carbocycles. The first-order valence-electron chi connectivity index (χ1n) is 8.37. The minimum Gasteiger partial charge on any atom is -0.480 e. The lowest BCUT2D eigenvalue weighted by Crippen LogP contribution is -2.38. The number of nitrogens with zero attached hydrogens (tertiary/aromatic N) is 3. The van der Waals surface area contributed by atoms with E-state index in [1.54, 1.807) is 12.4 Å². The van der Waals surface area contributed by atoms with Crippen LogP contribution in [0.2, 0.25) is 0 Å². The predicted molar refractivity (Wildman–Crippen MR) is 96.3 cm³/mol. The third kappa shape index (κ3) is 4.03. The molecule has 0 spiro atoms. The highest BCUT2D eigenvalue weighted by atomic mass is 16.4. The fourth-order valence-electron chi connectivity index (χ4n) is 2.80. The minimum atomic E-state index is -0.856. The minimum absolute atomic E-state index is 0.247. The van der Waals surface area contributed by atoms with E-state index in [9.17, 15) is 9.90 Å². The summed E-state index contributed by atoms with van der Waals surface area (Å²) in [6.45, 7) is 4.56. The fourth-order valence-corrected chi connectivity index (χ4v) is 2.80. The van der Waals surface area contributed by atoms with Crippen molar-refractivity contribution in [3.63, 3.8) is 0 Å². The zero-order valence-corrected chi connectivity index (χ0v) is 14.4. The van der Waals surface area contributed by atoms with Gasteiger partial charge in [-0.3, -0.25) is 10.1 Å². The van der Waals surface area contributed by atoms with Gasteiger partial charge in [-0.25, -0.2) is 9.67 Å². The molecular formula is C19H22N4O2. The molecule has 0 unspecified atom stereocenters. The number of pyridine rings is 1. The van der Waals surface area contributed by atoms with E-state index in [0.717, 1.165) is 22.2 Å². The van der Waals surface area contributed by atoms with E-state index in [1.807, 2.05) is 41.1 Å². The van der Waals surface area contributed by atoms with Crippen LogP contribution in [0.25, 0.3) is 11.0 Å². The van der Waals surface area contributed by atoms with Gasteiger partial charge in [0.25, 0.3) is 0 Å². The molecule has 2 N–H and O–H groups in total. The van der Waals surface area contributed by atoms with E-state index < -0.39 is 12.0 Å². The molecule has 0 aliphatic carbocycles. The molecule has 3 aromatic rings. The van der Waals surface area contributed by atoms with Crippen LogP contribution >= 0.6 is 0 Å². The maximum absolute atomic E-state index is 11.5. The monoisotopic (exact) mass is 338 g/mol. The van der Waals surface area contributed by atoms with Crippen LogP contribution in [0, 0.1) is 0 Å². The lowest BCUT2D eigenvalue weighted by molar-refractivity contribution is -0.139. The fraction of sp³-hybridized carbons (Fsp3) is 0.316. The van der Waals surface area contributed by atoms with Crippen LogP contribution in [0.4, 0.5) is 0 Å². The van der Waals surface area contributed by atoms with Crippen LogP contribution in [0.1, 0.15) is 31.0 Å². The van der Waals surface area contributed by atoms with Gasteiger partial charge < -0.3 is 5.11 Å². The third-order valence-corrected chi connectivity index (χ3v) is 4.11. The van der Waals surface area contributed by atoms with E-state index in [4.69, 9.17) is 0 Å². The summed E-state index contributed by atoms with van der Waals surface area (Å²) in [5, 5.41) is 17.9. The summed E-state index contributed by atoms with van der Waals surface area (Å²) in [7, 11) is 0. The van der Waals surface area contributed by atoms with Gasteiger partial charge in [0.05, 0.1) is 6.20 Å². The molecule has 1 aromatic carbocycles. The van der Waals surface area contributed by atoms with Crippen molar-refractivity contribution in [3.05, 3.63) is 59.9 Å². The van der Waals surface area contributed by atoms with Crippen LogP contribution < -0.4 is 5.32 Å². The number of carboxylic acid groups (broad SMARTS) is 1. The normalized spacial score (nSPS) is 12.6. The summed E-state index contributed by atoms with van der Waals surface area (Å²) in [5.41, 5.74) is 2.78. The summed E-state index contributed by atoms with van der Waals surface area (Å²) in [6.07, 6.45) is 4.01. The summed E-state index contributed by atoms with van der Waals surface area (Å²) in [6, 6.07) is 11.2. The average Bonchev–Trinajstić information content (AvgIpc) is 3.02. The molecule has 0 saturated heterocycles. The van der Waals surface area contributed by atoms with Gasteiger partial charge in [0.1, 0.15) is 6.04 Å². The molecule has 130 valence electrons. The summed E-state index contributed by atoms with van der Waals surface area (Å²) in [5.74, 6) is -0.856. The maximum Gasteiger partial charge on any atom is 0.321 e. The first-order chi connectivity index (χ1) is 12.0. The first kappa shape index (κ1) is 17.1. The smallest absolute Gasteiger partial charge is 0.321 e. The highest BCUT2D eigenvalue weighted by Gasteiger charge is 2.17. The van der Waals surface area contributed by atoms with Crippen LogP contribution in [0.5, 0.6) is 0 Å². The van der Waals surface area contributed by atoms with Gasteiger partial charge in [-0.05, 0) is 37.5 Å². The Kier molecular flexibility index (Phi) is 5.09. The van der Waals surface area contributed by atoms with Gasteiger partial charge in [-0.2, -0.15) is 5.10 Å². The second-order valence-electron chi connectivity index (χ2n) is 6.40. The van der Waals surface area contributed by atoms with Crippen molar-refractivity contribution in [2.24, 2.45) is 0 Å². The molecule has 0 aliphatic rings. The summed E-state index contributed by atoms with van der Waals surface area (Å²) < 4.78 is 1.88. The first-order valence-corrected chi connectivity index (χ1v) is 8.37. The molecule has 2 heterocycles. The zero-order valence-electron chi connectivity index (χ0n) is 14.4. The topological polar surface area (TPSA) is 80.0 Å².